The molecule has 4 heterocycles. The molecule has 2 aromatic heterocycles. The first-order valence-electron chi connectivity index (χ1n) is 13.0. The number of nitrogens with one attached hydrogen (secondary N) is 1. The van der Waals surface area contributed by atoms with Gasteiger partial charge in [0.1, 0.15) is 5.82 Å². The lowest BCUT2D eigenvalue weighted by Crippen LogP contribution is -2.44. The molecule has 0 saturated carbocycles. The standard InChI is InChI=1S/C28H30N8O/c1-18(37)35-14-15-36(22-9-5-4-8-21(22)35)27-24-26(32-33-27)31-23(17-30-24)34-12-10-28(11-13-34)16-19-6-2-3-7-20(19)25(28)29/h2-9,17,25H,10-16,29H2,1H3,(H,31,32,33)/t25-/m0/s1. The molecule has 9 nitrogen and oxygen atoms in total. The number of anilines is 4. The molecule has 1 amide bonds. The minimum atomic E-state index is 0.0363. The van der Waals surface area contributed by atoms with Crippen molar-refractivity contribution < 1.29 is 4.79 Å². The maximum atomic E-state index is 12.2. The Morgan fingerprint density at radius 1 is 1.03 bits per heavy atom. The number of fused-ring (bicyclic) bond motifs is 3. The molecule has 1 spiro atoms. The molecule has 1 atom stereocenters. The summed E-state index contributed by atoms with van der Waals surface area (Å²) in [6.45, 7) is 4.64. The van der Waals surface area contributed by atoms with Crippen molar-refractivity contribution in [2.45, 2.75) is 32.2 Å². The van der Waals surface area contributed by atoms with Crippen molar-refractivity contribution in [1.29, 1.82) is 0 Å². The molecule has 1 saturated heterocycles. The topological polar surface area (TPSA) is 107 Å². The number of carbonyl (C=O) groups is 1. The fourth-order valence-electron chi connectivity index (χ4n) is 6.52. The fourth-order valence-corrected chi connectivity index (χ4v) is 6.52. The number of amides is 1. The normalized spacial score (nSPS) is 20.4. The van der Waals surface area contributed by atoms with Crippen molar-refractivity contribution in [3.8, 4) is 0 Å². The number of piperidine rings is 1. The van der Waals surface area contributed by atoms with E-state index in [-0.39, 0.29) is 17.4 Å². The van der Waals surface area contributed by atoms with Gasteiger partial charge >= 0.3 is 0 Å². The van der Waals surface area contributed by atoms with E-state index >= 15 is 0 Å². The third-order valence-corrected chi connectivity index (χ3v) is 8.56. The van der Waals surface area contributed by atoms with Crippen molar-refractivity contribution in [3.63, 3.8) is 0 Å². The van der Waals surface area contributed by atoms with Crippen LogP contribution >= 0.6 is 0 Å². The second-order valence-electron chi connectivity index (χ2n) is 10.5. The Morgan fingerprint density at radius 2 is 1.78 bits per heavy atom. The van der Waals surface area contributed by atoms with Crippen LogP contribution in [0.4, 0.5) is 23.0 Å². The molecular weight excluding hydrogens is 464 g/mol. The summed E-state index contributed by atoms with van der Waals surface area (Å²) in [6, 6.07) is 16.6. The smallest absolute Gasteiger partial charge is 0.223 e. The van der Waals surface area contributed by atoms with Crippen LogP contribution in [-0.2, 0) is 11.2 Å². The number of aromatic nitrogens is 4. The van der Waals surface area contributed by atoms with Crippen molar-refractivity contribution in [2.75, 3.05) is 40.9 Å². The summed E-state index contributed by atoms with van der Waals surface area (Å²) in [5.41, 5.74) is 12.8. The monoisotopic (exact) mass is 494 g/mol. The molecule has 0 unspecified atom stereocenters. The summed E-state index contributed by atoms with van der Waals surface area (Å²) >= 11 is 0. The quantitative estimate of drug-likeness (QED) is 0.438. The molecule has 0 bridgehead atoms. The van der Waals surface area contributed by atoms with Crippen molar-refractivity contribution in [3.05, 3.63) is 65.9 Å². The number of rotatable bonds is 2. The maximum absolute atomic E-state index is 12.2. The van der Waals surface area contributed by atoms with Gasteiger partial charge in [-0.25, -0.2) is 9.97 Å². The van der Waals surface area contributed by atoms with Crippen LogP contribution in [0.25, 0.3) is 11.2 Å². The van der Waals surface area contributed by atoms with Crippen LogP contribution in [0.2, 0.25) is 0 Å². The highest BCUT2D eigenvalue weighted by atomic mass is 16.2. The number of para-hydroxylation sites is 2. The van der Waals surface area contributed by atoms with E-state index in [0.717, 1.165) is 60.9 Å². The summed E-state index contributed by atoms with van der Waals surface area (Å²) in [6.07, 6.45) is 4.99. The Labute approximate surface area is 215 Å². The number of hydrogen-bond acceptors (Lipinski definition) is 7. The number of H-pyrrole nitrogens is 1. The molecule has 1 fully saturated rings. The van der Waals surface area contributed by atoms with Crippen molar-refractivity contribution >= 4 is 40.1 Å². The number of carbonyl (C=O) groups excluding carboxylic acids is 1. The fraction of sp³-hybridized carbons (Fsp3) is 0.357. The van der Waals surface area contributed by atoms with Gasteiger partial charge in [-0.3, -0.25) is 9.89 Å². The summed E-state index contributed by atoms with van der Waals surface area (Å²) in [4.78, 5) is 28.1. The first kappa shape index (κ1) is 22.2. The van der Waals surface area contributed by atoms with Gasteiger partial charge < -0.3 is 20.4 Å². The SMILES string of the molecule is CC(=O)N1CCN(c2n[nH]c3nc(N4CCC5(CC4)Cc4ccccc4[C@@H]5N)cnc23)c2ccccc21. The highest BCUT2D eigenvalue weighted by Gasteiger charge is 2.46. The van der Waals surface area contributed by atoms with Crippen molar-refractivity contribution in [1.82, 2.24) is 20.2 Å². The van der Waals surface area contributed by atoms with Crippen LogP contribution in [0, 0.1) is 5.41 Å². The van der Waals surface area contributed by atoms with E-state index < -0.39 is 0 Å². The second-order valence-corrected chi connectivity index (χ2v) is 10.5. The highest BCUT2D eigenvalue weighted by Crippen LogP contribution is 2.51. The van der Waals surface area contributed by atoms with E-state index in [1.165, 1.54) is 11.1 Å². The third-order valence-electron chi connectivity index (χ3n) is 8.56. The second kappa shape index (κ2) is 8.27. The molecule has 9 heteroatoms. The van der Waals surface area contributed by atoms with Crippen molar-refractivity contribution in [2.24, 2.45) is 11.1 Å². The average molecular weight is 495 g/mol. The molecular formula is C28H30N8O. The predicted molar refractivity (Wildman–Crippen MR) is 144 cm³/mol. The first-order valence-corrected chi connectivity index (χ1v) is 13.0. The lowest BCUT2D eigenvalue weighted by molar-refractivity contribution is -0.116. The molecule has 0 radical (unpaired) electrons. The van der Waals surface area contributed by atoms with E-state index in [2.05, 4.69) is 44.3 Å². The number of hydrogen-bond donors (Lipinski definition) is 2. The maximum Gasteiger partial charge on any atom is 0.223 e. The summed E-state index contributed by atoms with van der Waals surface area (Å²) in [5.74, 6) is 1.63. The van der Waals surface area contributed by atoms with Gasteiger partial charge in [-0.2, -0.15) is 5.10 Å². The molecule has 3 N–H and O–H groups in total. The third kappa shape index (κ3) is 3.41. The Balaban J connectivity index is 1.13. The minimum absolute atomic E-state index is 0.0363. The van der Waals surface area contributed by atoms with Crippen LogP contribution in [-0.4, -0.2) is 52.3 Å². The van der Waals surface area contributed by atoms with Gasteiger partial charge in [-0.1, -0.05) is 36.4 Å². The van der Waals surface area contributed by atoms with E-state index in [9.17, 15) is 4.79 Å². The van der Waals surface area contributed by atoms with Crippen LogP contribution in [0.15, 0.2) is 54.7 Å². The zero-order chi connectivity index (χ0) is 25.1. The van der Waals surface area contributed by atoms with Gasteiger partial charge in [0.2, 0.25) is 5.91 Å². The van der Waals surface area contributed by atoms with E-state index in [1.54, 1.807) is 6.92 Å². The van der Waals surface area contributed by atoms with E-state index in [4.69, 9.17) is 15.7 Å². The molecule has 1 aliphatic carbocycles. The number of nitrogens with zero attached hydrogens (tertiary/aromatic N) is 6. The molecule has 2 aromatic carbocycles. The summed E-state index contributed by atoms with van der Waals surface area (Å²) in [7, 11) is 0. The Morgan fingerprint density at radius 3 is 2.57 bits per heavy atom. The van der Waals surface area contributed by atoms with Gasteiger partial charge in [0.15, 0.2) is 17.0 Å². The van der Waals surface area contributed by atoms with Gasteiger partial charge in [-0.15, -0.1) is 0 Å². The molecule has 4 aromatic rings. The van der Waals surface area contributed by atoms with Gasteiger partial charge in [-0.05, 0) is 47.9 Å². The van der Waals surface area contributed by atoms with Crippen LogP contribution in [0.5, 0.6) is 0 Å². The molecule has 188 valence electrons. The zero-order valence-electron chi connectivity index (χ0n) is 20.9. The molecule has 2 aliphatic heterocycles. The molecule has 37 heavy (non-hydrogen) atoms. The Kier molecular flexibility index (Phi) is 4.97. The van der Waals surface area contributed by atoms with E-state index in [0.29, 0.717) is 18.7 Å². The predicted octanol–water partition coefficient (Wildman–Crippen LogP) is 3.70. The number of aromatic amines is 1. The first-order chi connectivity index (χ1) is 18.0. The summed E-state index contributed by atoms with van der Waals surface area (Å²) in [5, 5.41) is 7.71. The number of benzene rings is 2. The molecule has 7 rings (SSSR count). The Bertz CT molecular complexity index is 1510. The number of nitrogens with two attached hydrogens (primary N) is 1. The van der Waals surface area contributed by atoms with E-state index in [1.807, 2.05) is 35.4 Å². The van der Waals surface area contributed by atoms with Crippen LogP contribution in [0.3, 0.4) is 0 Å². The lowest BCUT2D eigenvalue weighted by Gasteiger charge is -2.42. The zero-order valence-corrected chi connectivity index (χ0v) is 20.9. The minimum Gasteiger partial charge on any atom is -0.355 e. The summed E-state index contributed by atoms with van der Waals surface area (Å²) < 4.78 is 0. The van der Waals surface area contributed by atoms with Crippen LogP contribution in [0.1, 0.15) is 36.9 Å². The highest BCUT2D eigenvalue weighted by molar-refractivity contribution is 5.99. The average Bonchev–Trinajstić information content (AvgIpc) is 3.47. The van der Waals surface area contributed by atoms with Gasteiger partial charge in [0.05, 0.1) is 17.6 Å². The molecule has 3 aliphatic rings. The lowest BCUT2D eigenvalue weighted by atomic mass is 9.73. The largest absolute Gasteiger partial charge is 0.355 e. The Hall–Kier alpha value is -3.98. The van der Waals surface area contributed by atoms with Gasteiger partial charge in [0.25, 0.3) is 0 Å². The van der Waals surface area contributed by atoms with Crippen LogP contribution < -0.4 is 20.4 Å². The van der Waals surface area contributed by atoms with Gasteiger partial charge in [0, 0.05) is 39.1 Å².